The van der Waals surface area contributed by atoms with E-state index in [0.29, 0.717) is 5.41 Å². The summed E-state index contributed by atoms with van der Waals surface area (Å²) in [6, 6.07) is 0.0901. The normalized spacial score (nSPS) is 13.8. The zero-order chi connectivity index (χ0) is 12.2. The molecule has 1 atom stereocenters. The summed E-state index contributed by atoms with van der Waals surface area (Å²) in [5.74, 6) is 5.55. The number of hydrazine groups is 1. The van der Waals surface area contributed by atoms with Gasteiger partial charge in [0.2, 0.25) is 0 Å². The van der Waals surface area contributed by atoms with E-state index in [1.807, 2.05) is 6.92 Å². The number of nitrogens with one attached hydrogen (secondary N) is 1. The van der Waals surface area contributed by atoms with Gasteiger partial charge in [-0.05, 0) is 25.2 Å². The van der Waals surface area contributed by atoms with Crippen molar-refractivity contribution in [2.24, 2.45) is 11.3 Å². The fourth-order valence-corrected chi connectivity index (χ4v) is 1.48. The van der Waals surface area contributed by atoms with Crippen LogP contribution in [0.4, 0.5) is 0 Å². The van der Waals surface area contributed by atoms with Crippen molar-refractivity contribution in [2.75, 3.05) is 0 Å². The topological polar surface area (TPSA) is 63.8 Å². The zero-order valence-electron chi connectivity index (χ0n) is 10.6. The van der Waals surface area contributed by atoms with E-state index in [-0.39, 0.29) is 6.04 Å². The lowest BCUT2D eigenvalue weighted by Gasteiger charge is -2.22. The Morgan fingerprint density at radius 3 is 2.44 bits per heavy atom. The standard InChI is InChI=1S/C12H22N4/c1-9-7-15-11(8-14-9)10(16-13)5-6-12(2,3)4/h7-8,10,16H,5-6,13H2,1-4H3. The molecule has 0 spiro atoms. The minimum Gasteiger partial charge on any atom is -0.271 e. The average molecular weight is 222 g/mol. The van der Waals surface area contributed by atoms with E-state index in [4.69, 9.17) is 5.84 Å². The van der Waals surface area contributed by atoms with Gasteiger partial charge in [-0.1, -0.05) is 20.8 Å². The van der Waals surface area contributed by atoms with E-state index < -0.39 is 0 Å². The second kappa shape index (κ2) is 5.37. The SMILES string of the molecule is Cc1cnc(C(CCC(C)(C)C)NN)cn1. The van der Waals surface area contributed by atoms with Crippen LogP contribution in [0.1, 0.15) is 51.0 Å². The molecular formula is C12H22N4. The van der Waals surface area contributed by atoms with Crippen molar-refractivity contribution >= 4 is 0 Å². The van der Waals surface area contributed by atoms with Crippen molar-refractivity contribution in [3.05, 3.63) is 23.8 Å². The van der Waals surface area contributed by atoms with E-state index in [1.54, 1.807) is 12.4 Å². The first-order valence-electron chi connectivity index (χ1n) is 5.67. The third-order valence-electron chi connectivity index (χ3n) is 2.54. The molecule has 3 N–H and O–H groups in total. The summed E-state index contributed by atoms with van der Waals surface area (Å²) in [6.45, 7) is 8.60. The Balaban J connectivity index is 2.64. The van der Waals surface area contributed by atoms with Gasteiger partial charge < -0.3 is 0 Å². The van der Waals surface area contributed by atoms with Gasteiger partial charge in [0, 0.05) is 6.20 Å². The van der Waals surface area contributed by atoms with Gasteiger partial charge >= 0.3 is 0 Å². The van der Waals surface area contributed by atoms with E-state index in [1.165, 1.54) is 0 Å². The maximum Gasteiger partial charge on any atom is 0.0769 e. The largest absolute Gasteiger partial charge is 0.271 e. The van der Waals surface area contributed by atoms with Crippen LogP contribution in [0.5, 0.6) is 0 Å². The highest BCUT2D eigenvalue weighted by atomic mass is 15.2. The minimum absolute atomic E-state index is 0.0901. The molecule has 0 aromatic carbocycles. The summed E-state index contributed by atoms with van der Waals surface area (Å²) in [4.78, 5) is 8.58. The molecule has 1 aromatic rings. The minimum atomic E-state index is 0.0901. The average Bonchev–Trinajstić information content (AvgIpc) is 2.20. The molecule has 16 heavy (non-hydrogen) atoms. The van der Waals surface area contributed by atoms with Crippen molar-refractivity contribution in [1.29, 1.82) is 0 Å². The first-order valence-corrected chi connectivity index (χ1v) is 5.67. The summed E-state index contributed by atoms with van der Waals surface area (Å²) in [7, 11) is 0. The predicted octanol–water partition coefficient (Wildman–Crippen LogP) is 2.12. The van der Waals surface area contributed by atoms with E-state index in [2.05, 4.69) is 36.2 Å². The Bertz CT molecular complexity index is 313. The quantitative estimate of drug-likeness (QED) is 0.605. The van der Waals surface area contributed by atoms with Crippen LogP contribution in [0.3, 0.4) is 0 Å². The molecule has 4 heteroatoms. The lowest BCUT2D eigenvalue weighted by molar-refractivity contribution is 0.331. The van der Waals surface area contributed by atoms with Gasteiger partial charge in [-0.2, -0.15) is 0 Å². The molecule has 90 valence electrons. The molecule has 1 rings (SSSR count). The van der Waals surface area contributed by atoms with Crippen LogP contribution < -0.4 is 11.3 Å². The van der Waals surface area contributed by atoms with Gasteiger partial charge in [0.15, 0.2) is 0 Å². The molecule has 4 nitrogen and oxygen atoms in total. The maximum absolute atomic E-state index is 5.55. The first-order chi connectivity index (χ1) is 7.42. The van der Waals surface area contributed by atoms with Crippen LogP contribution in [0.2, 0.25) is 0 Å². The molecule has 0 saturated carbocycles. The van der Waals surface area contributed by atoms with Crippen molar-refractivity contribution < 1.29 is 0 Å². The lowest BCUT2D eigenvalue weighted by Crippen LogP contribution is -2.29. The number of hydrogen-bond acceptors (Lipinski definition) is 4. The fourth-order valence-electron chi connectivity index (χ4n) is 1.48. The summed E-state index contributed by atoms with van der Waals surface area (Å²) < 4.78 is 0. The van der Waals surface area contributed by atoms with Gasteiger partial charge in [-0.3, -0.25) is 21.2 Å². The lowest BCUT2D eigenvalue weighted by atomic mass is 9.88. The van der Waals surface area contributed by atoms with Gasteiger partial charge in [0.25, 0.3) is 0 Å². The van der Waals surface area contributed by atoms with E-state index in [0.717, 1.165) is 24.2 Å². The Morgan fingerprint density at radius 1 is 1.31 bits per heavy atom. The molecule has 1 unspecified atom stereocenters. The highest BCUT2D eigenvalue weighted by Gasteiger charge is 2.16. The molecular weight excluding hydrogens is 200 g/mol. The van der Waals surface area contributed by atoms with E-state index in [9.17, 15) is 0 Å². The van der Waals surface area contributed by atoms with Crippen LogP contribution in [0.15, 0.2) is 12.4 Å². The summed E-state index contributed by atoms with van der Waals surface area (Å²) in [5.41, 5.74) is 4.96. The van der Waals surface area contributed by atoms with Crippen molar-refractivity contribution in [1.82, 2.24) is 15.4 Å². The van der Waals surface area contributed by atoms with Crippen molar-refractivity contribution in [3.8, 4) is 0 Å². The molecule has 0 amide bonds. The Kier molecular flexibility index (Phi) is 4.38. The Labute approximate surface area is 97.7 Å². The van der Waals surface area contributed by atoms with Crippen molar-refractivity contribution in [2.45, 2.75) is 46.6 Å². The predicted molar refractivity (Wildman–Crippen MR) is 65.5 cm³/mol. The van der Waals surface area contributed by atoms with Crippen LogP contribution in [-0.4, -0.2) is 9.97 Å². The van der Waals surface area contributed by atoms with Crippen LogP contribution in [0, 0.1) is 12.3 Å². The molecule has 1 aromatic heterocycles. The van der Waals surface area contributed by atoms with Crippen LogP contribution in [-0.2, 0) is 0 Å². The molecule has 0 bridgehead atoms. The van der Waals surface area contributed by atoms with Crippen LogP contribution in [0.25, 0.3) is 0 Å². The summed E-state index contributed by atoms with van der Waals surface area (Å²) >= 11 is 0. The number of nitrogens with zero attached hydrogens (tertiary/aromatic N) is 2. The second-order valence-electron chi connectivity index (χ2n) is 5.40. The van der Waals surface area contributed by atoms with Gasteiger partial charge in [0.1, 0.15) is 0 Å². The van der Waals surface area contributed by atoms with Gasteiger partial charge in [-0.25, -0.2) is 0 Å². The van der Waals surface area contributed by atoms with Crippen LogP contribution >= 0.6 is 0 Å². The zero-order valence-corrected chi connectivity index (χ0v) is 10.6. The Hall–Kier alpha value is -1.00. The first kappa shape index (κ1) is 13.1. The number of rotatable bonds is 4. The smallest absolute Gasteiger partial charge is 0.0769 e. The summed E-state index contributed by atoms with van der Waals surface area (Å²) in [6.07, 6.45) is 5.63. The third-order valence-corrected chi connectivity index (χ3v) is 2.54. The molecule has 1 heterocycles. The molecule has 0 radical (unpaired) electrons. The Morgan fingerprint density at radius 2 is 2.00 bits per heavy atom. The second-order valence-corrected chi connectivity index (χ2v) is 5.40. The van der Waals surface area contributed by atoms with Gasteiger partial charge in [0.05, 0.1) is 23.6 Å². The summed E-state index contributed by atoms with van der Waals surface area (Å²) in [5, 5.41) is 0. The van der Waals surface area contributed by atoms with Gasteiger partial charge in [-0.15, -0.1) is 0 Å². The number of hydrogen-bond donors (Lipinski definition) is 2. The van der Waals surface area contributed by atoms with Crippen molar-refractivity contribution in [3.63, 3.8) is 0 Å². The number of nitrogens with two attached hydrogens (primary N) is 1. The molecule has 0 fully saturated rings. The molecule has 0 saturated heterocycles. The highest BCUT2D eigenvalue weighted by Crippen LogP contribution is 2.25. The molecule has 0 aliphatic carbocycles. The fraction of sp³-hybridized carbons (Fsp3) is 0.667. The third kappa shape index (κ3) is 4.24. The number of aryl methyl sites for hydroxylation is 1. The maximum atomic E-state index is 5.55. The van der Waals surface area contributed by atoms with E-state index >= 15 is 0 Å². The molecule has 0 aliphatic rings. The monoisotopic (exact) mass is 222 g/mol. The molecule has 0 aliphatic heterocycles. The number of aromatic nitrogens is 2. The highest BCUT2D eigenvalue weighted by molar-refractivity contribution is 5.05.